The van der Waals surface area contributed by atoms with Crippen LogP contribution in [0, 0.1) is 6.92 Å². The fourth-order valence-electron chi connectivity index (χ4n) is 1.32. The van der Waals surface area contributed by atoms with Crippen molar-refractivity contribution >= 4 is 28.5 Å². The minimum atomic E-state index is -1.04. The van der Waals surface area contributed by atoms with E-state index in [1.165, 1.54) is 6.07 Å². The van der Waals surface area contributed by atoms with Gasteiger partial charge in [-0.3, -0.25) is 5.10 Å². The summed E-state index contributed by atoms with van der Waals surface area (Å²) < 4.78 is 0. The minimum Gasteiger partial charge on any atom is -0.478 e. The summed E-state index contributed by atoms with van der Waals surface area (Å²) in [4.78, 5) is 10.7. The van der Waals surface area contributed by atoms with Crippen LogP contribution in [-0.2, 0) is 0 Å². The molecule has 0 bridgehead atoms. The number of aromatic nitrogens is 2. The number of halogens is 1. The first-order valence-corrected chi connectivity index (χ1v) is 4.35. The van der Waals surface area contributed by atoms with Crippen molar-refractivity contribution < 1.29 is 9.90 Å². The lowest BCUT2D eigenvalue weighted by Crippen LogP contribution is -1.96. The molecular weight excluding hydrogens is 204 g/mol. The monoisotopic (exact) mass is 210 g/mol. The van der Waals surface area contributed by atoms with Crippen LogP contribution in [0.2, 0.25) is 5.02 Å². The Kier molecular flexibility index (Phi) is 1.93. The van der Waals surface area contributed by atoms with Crippen LogP contribution in [0.5, 0.6) is 0 Å². The maximum atomic E-state index is 10.7. The number of aromatic carboxylic acids is 1. The van der Waals surface area contributed by atoms with Crippen LogP contribution in [0.4, 0.5) is 0 Å². The number of nitrogens with zero attached hydrogens (tertiary/aromatic N) is 1. The van der Waals surface area contributed by atoms with Gasteiger partial charge in [0.05, 0.1) is 16.1 Å². The van der Waals surface area contributed by atoms with Crippen molar-refractivity contribution in [2.24, 2.45) is 0 Å². The number of carbonyl (C=O) groups is 1. The van der Waals surface area contributed by atoms with Crippen molar-refractivity contribution in [1.82, 2.24) is 10.2 Å². The van der Waals surface area contributed by atoms with Gasteiger partial charge >= 0.3 is 5.97 Å². The number of nitrogens with one attached hydrogen (secondary N) is 1. The number of aromatic amines is 1. The van der Waals surface area contributed by atoms with Crippen molar-refractivity contribution in [2.45, 2.75) is 6.92 Å². The van der Waals surface area contributed by atoms with Crippen LogP contribution in [0.15, 0.2) is 12.1 Å². The Morgan fingerprint density at radius 1 is 1.57 bits per heavy atom. The fraction of sp³-hybridized carbons (Fsp3) is 0.111. The van der Waals surface area contributed by atoms with Crippen molar-refractivity contribution in [2.75, 3.05) is 0 Å². The first kappa shape index (κ1) is 9.02. The number of benzene rings is 1. The van der Waals surface area contributed by atoms with Gasteiger partial charge in [-0.2, -0.15) is 5.10 Å². The number of hydrogen-bond acceptors (Lipinski definition) is 2. The minimum absolute atomic E-state index is 0.0747. The molecule has 2 N–H and O–H groups in total. The number of hydrogen-bond donors (Lipinski definition) is 2. The van der Waals surface area contributed by atoms with Crippen molar-refractivity contribution in [1.29, 1.82) is 0 Å². The molecule has 0 amide bonds. The third kappa shape index (κ3) is 1.24. The zero-order valence-corrected chi connectivity index (χ0v) is 8.09. The Hall–Kier alpha value is -1.55. The molecule has 0 spiro atoms. The fourth-order valence-corrected chi connectivity index (χ4v) is 1.57. The molecule has 1 aromatic heterocycles. The molecule has 0 fully saturated rings. The van der Waals surface area contributed by atoms with Crippen molar-refractivity contribution in [3.63, 3.8) is 0 Å². The normalized spacial score (nSPS) is 10.7. The van der Waals surface area contributed by atoms with Gasteiger partial charge in [0.1, 0.15) is 0 Å². The molecule has 0 atom stereocenters. The van der Waals surface area contributed by atoms with Gasteiger partial charge in [-0.15, -0.1) is 0 Å². The maximum absolute atomic E-state index is 10.7. The second kappa shape index (κ2) is 2.99. The summed E-state index contributed by atoms with van der Waals surface area (Å²) in [5.74, 6) is -1.04. The molecule has 0 aliphatic carbocycles. The molecule has 0 unspecified atom stereocenters. The van der Waals surface area contributed by atoms with Crippen LogP contribution in [0.1, 0.15) is 16.1 Å². The quantitative estimate of drug-likeness (QED) is 0.759. The highest BCUT2D eigenvalue weighted by molar-refractivity contribution is 6.34. The Bertz CT molecular complexity index is 519. The molecule has 1 aromatic carbocycles. The molecule has 4 nitrogen and oxygen atoms in total. The molecule has 14 heavy (non-hydrogen) atoms. The number of aryl methyl sites for hydroxylation is 1. The average molecular weight is 211 g/mol. The van der Waals surface area contributed by atoms with E-state index in [1.807, 2.05) is 6.92 Å². The van der Waals surface area contributed by atoms with E-state index >= 15 is 0 Å². The Labute approximate surface area is 84.5 Å². The highest BCUT2D eigenvalue weighted by atomic mass is 35.5. The second-order valence-corrected chi connectivity index (χ2v) is 3.41. The number of rotatable bonds is 1. The molecule has 0 saturated carbocycles. The predicted molar refractivity (Wildman–Crippen MR) is 52.8 cm³/mol. The van der Waals surface area contributed by atoms with Gasteiger partial charge in [-0.05, 0) is 19.1 Å². The van der Waals surface area contributed by atoms with Crippen LogP contribution < -0.4 is 0 Å². The van der Waals surface area contributed by atoms with Gasteiger partial charge in [0.15, 0.2) is 0 Å². The molecule has 1 heterocycles. The highest BCUT2D eigenvalue weighted by Gasteiger charge is 2.12. The van der Waals surface area contributed by atoms with Crippen LogP contribution in [-0.4, -0.2) is 21.3 Å². The molecular formula is C9H7ClN2O2. The van der Waals surface area contributed by atoms with E-state index in [0.717, 1.165) is 11.1 Å². The third-order valence-corrected chi connectivity index (χ3v) is 2.38. The summed E-state index contributed by atoms with van der Waals surface area (Å²) in [6.07, 6.45) is 0. The van der Waals surface area contributed by atoms with E-state index in [0.29, 0.717) is 5.52 Å². The summed E-state index contributed by atoms with van der Waals surface area (Å²) in [5.41, 5.74) is 1.56. The maximum Gasteiger partial charge on any atom is 0.337 e. The number of carboxylic acid groups (broad SMARTS) is 1. The Morgan fingerprint density at radius 2 is 2.29 bits per heavy atom. The summed E-state index contributed by atoms with van der Waals surface area (Å²) in [5, 5.41) is 16.6. The van der Waals surface area contributed by atoms with Crippen LogP contribution in [0.3, 0.4) is 0 Å². The zero-order chi connectivity index (χ0) is 10.3. The molecule has 2 aromatic rings. The van der Waals surface area contributed by atoms with E-state index in [4.69, 9.17) is 16.7 Å². The van der Waals surface area contributed by atoms with Gasteiger partial charge in [-0.1, -0.05) is 11.6 Å². The van der Waals surface area contributed by atoms with Gasteiger partial charge in [0, 0.05) is 11.1 Å². The van der Waals surface area contributed by atoms with Gasteiger partial charge in [-0.25, -0.2) is 4.79 Å². The molecule has 2 rings (SSSR count). The van der Waals surface area contributed by atoms with Crippen molar-refractivity contribution in [3.05, 3.63) is 28.4 Å². The first-order chi connectivity index (χ1) is 6.59. The lowest BCUT2D eigenvalue weighted by atomic mass is 10.1. The molecule has 5 heteroatoms. The molecule has 0 aliphatic heterocycles. The van der Waals surface area contributed by atoms with E-state index in [2.05, 4.69) is 10.2 Å². The highest BCUT2D eigenvalue weighted by Crippen LogP contribution is 2.24. The topological polar surface area (TPSA) is 66.0 Å². The summed E-state index contributed by atoms with van der Waals surface area (Å²) in [6.45, 7) is 1.85. The van der Waals surface area contributed by atoms with Gasteiger partial charge < -0.3 is 5.11 Å². The van der Waals surface area contributed by atoms with E-state index in [1.54, 1.807) is 6.07 Å². The standard InChI is InChI=1S/C9H7ClN2O2/c1-4-5-2-7(10)6(9(13)14)3-8(5)12-11-4/h2-3H,1H3,(H,11,12)(H,13,14). The van der Waals surface area contributed by atoms with Crippen molar-refractivity contribution in [3.8, 4) is 0 Å². The zero-order valence-electron chi connectivity index (χ0n) is 7.34. The molecule has 0 radical (unpaired) electrons. The largest absolute Gasteiger partial charge is 0.478 e. The molecule has 0 saturated heterocycles. The van der Waals surface area contributed by atoms with Crippen LogP contribution >= 0.6 is 11.6 Å². The number of carboxylic acids is 1. The lowest BCUT2D eigenvalue weighted by Gasteiger charge is -1.98. The number of H-pyrrole nitrogens is 1. The summed E-state index contributed by atoms with van der Waals surface area (Å²) in [7, 11) is 0. The van der Waals surface area contributed by atoms with Crippen LogP contribution in [0.25, 0.3) is 10.9 Å². The van der Waals surface area contributed by atoms with E-state index in [-0.39, 0.29) is 10.6 Å². The smallest absolute Gasteiger partial charge is 0.337 e. The molecule has 72 valence electrons. The molecule has 0 aliphatic rings. The van der Waals surface area contributed by atoms with Gasteiger partial charge in [0.25, 0.3) is 0 Å². The predicted octanol–water partition coefficient (Wildman–Crippen LogP) is 2.22. The Balaban J connectivity index is 2.79. The summed E-state index contributed by atoms with van der Waals surface area (Å²) in [6, 6.07) is 3.07. The Morgan fingerprint density at radius 3 is 2.93 bits per heavy atom. The third-order valence-electron chi connectivity index (χ3n) is 2.06. The summed E-state index contributed by atoms with van der Waals surface area (Å²) >= 11 is 5.80. The SMILES string of the molecule is Cc1[nH]nc2cc(C(=O)O)c(Cl)cc12. The number of fused-ring (bicyclic) bond motifs is 1. The first-order valence-electron chi connectivity index (χ1n) is 3.97. The van der Waals surface area contributed by atoms with E-state index in [9.17, 15) is 4.79 Å². The van der Waals surface area contributed by atoms with E-state index < -0.39 is 5.97 Å². The van der Waals surface area contributed by atoms with Gasteiger partial charge in [0.2, 0.25) is 0 Å². The lowest BCUT2D eigenvalue weighted by molar-refractivity contribution is 0.0697. The second-order valence-electron chi connectivity index (χ2n) is 3.00. The average Bonchev–Trinajstić information content (AvgIpc) is 2.46.